The average Bonchev–Trinajstić information content (AvgIpc) is 2.62. The number of amides is 1. The first-order chi connectivity index (χ1) is 12.1. The van der Waals surface area contributed by atoms with E-state index in [9.17, 15) is 9.18 Å². The van der Waals surface area contributed by atoms with Crippen LogP contribution in [-0.2, 0) is 4.79 Å². The minimum Gasteiger partial charge on any atom is -0.495 e. The van der Waals surface area contributed by atoms with Crippen molar-refractivity contribution in [2.24, 2.45) is 0 Å². The highest BCUT2D eigenvalue weighted by molar-refractivity contribution is 7.99. The van der Waals surface area contributed by atoms with Crippen LogP contribution in [0.5, 0.6) is 5.75 Å². The summed E-state index contributed by atoms with van der Waals surface area (Å²) in [7, 11) is 1.58. The van der Waals surface area contributed by atoms with Crippen LogP contribution in [0.15, 0.2) is 53.4 Å². The summed E-state index contributed by atoms with van der Waals surface area (Å²) in [6, 6.07) is 14.1. The molecule has 2 N–H and O–H groups in total. The number of nitrogens with one attached hydrogen (secondary N) is 2. The molecular formula is C19H24FN2O2S+. The molecule has 0 heterocycles. The second-order valence-corrected chi connectivity index (χ2v) is 6.69. The lowest BCUT2D eigenvalue weighted by molar-refractivity contribution is -0.887. The van der Waals surface area contributed by atoms with Crippen molar-refractivity contribution < 1.29 is 18.8 Å². The molecule has 0 saturated carbocycles. The van der Waals surface area contributed by atoms with Gasteiger partial charge >= 0.3 is 0 Å². The number of hydrogen-bond acceptors (Lipinski definition) is 3. The van der Waals surface area contributed by atoms with Gasteiger partial charge in [0.25, 0.3) is 5.91 Å². The van der Waals surface area contributed by atoms with Gasteiger partial charge in [0.1, 0.15) is 11.6 Å². The third-order valence-corrected chi connectivity index (χ3v) is 4.89. The SMILES string of the molecule is CC[NH+](CCSc1ccccc1F)CC(=O)Nc1ccccc1OC. The molecule has 0 aliphatic rings. The van der Waals surface area contributed by atoms with Gasteiger partial charge in [0, 0.05) is 10.6 Å². The highest BCUT2D eigenvalue weighted by Crippen LogP contribution is 2.22. The zero-order valence-electron chi connectivity index (χ0n) is 14.5. The van der Waals surface area contributed by atoms with E-state index in [0.717, 1.165) is 23.7 Å². The number of carbonyl (C=O) groups is 1. The second-order valence-electron chi connectivity index (χ2n) is 5.56. The van der Waals surface area contributed by atoms with Gasteiger partial charge in [-0.3, -0.25) is 4.79 Å². The molecule has 0 bridgehead atoms. The smallest absolute Gasteiger partial charge is 0.279 e. The number of halogens is 1. The number of carbonyl (C=O) groups excluding carboxylic acids is 1. The molecular weight excluding hydrogens is 339 g/mol. The summed E-state index contributed by atoms with van der Waals surface area (Å²) in [4.78, 5) is 14.1. The third kappa shape index (κ3) is 6.07. The minimum absolute atomic E-state index is 0.0581. The molecule has 2 aromatic rings. The Morgan fingerprint density at radius 3 is 2.64 bits per heavy atom. The van der Waals surface area contributed by atoms with Crippen LogP contribution in [0.1, 0.15) is 6.92 Å². The number of anilines is 1. The zero-order valence-corrected chi connectivity index (χ0v) is 15.4. The molecule has 0 aliphatic carbocycles. The Balaban J connectivity index is 1.82. The summed E-state index contributed by atoms with van der Waals surface area (Å²) in [6.45, 7) is 4.03. The number of quaternary nitrogens is 1. The van der Waals surface area contributed by atoms with Crippen molar-refractivity contribution in [2.45, 2.75) is 11.8 Å². The minimum atomic E-state index is -0.195. The molecule has 0 aromatic heterocycles. The topological polar surface area (TPSA) is 42.8 Å². The molecule has 0 radical (unpaired) electrons. The van der Waals surface area contributed by atoms with Crippen molar-refractivity contribution in [1.82, 2.24) is 0 Å². The summed E-state index contributed by atoms with van der Waals surface area (Å²) in [5.74, 6) is 1.15. The fourth-order valence-electron chi connectivity index (χ4n) is 2.43. The normalized spacial score (nSPS) is 11.8. The second kappa shape index (κ2) is 10.1. The Morgan fingerprint density at radius 1 is 1.20 bits per heavy atom. The molecule has 25 heavy (non-hydrogen) atoms. The van der Waals surface area contributed by atoms with Gasteiger partial charge in [-0.05, 0) is 31.2 Å². The van der Waals surface area contributed by atoms with E-state index < -0.39 is 0 Å². The fourth-order valence-corrected chi connectivity index (χ4v) is 3.42. The predicted octanol–water partition coefficient (Wildman–Crippen LogP) is 2.47. The lowest BCUT2D eigenvalue weighted by Gasteiger charge is -2.17. The molecule has 0 aliphatic heterocycles. The van der Waals surface area contributed by atoms with Crippen molar-refractivity contribution in [3.8, 4) is 5.75 Å². The average molecular weight is 363 g/mol. The summed E-state index contributed by atoms with van der Waals surface area (Å²) >= 11 is 1.48. The van der Waals surface area contributed by atoms with E-state index in [2.05, 4.69) is 5.32 Å². The maximum absolute atomic E-state index is 13.6. The van der Waals surface area contributed by atoms with E-state index in [1.165, 1.54) is 17.8 Å². The van der Waals surface area contributed by atoms with Crippen LogP contribution in [0, 0.1) is 5.82 Å². The molecule has 2 rings (SSSR count). The monoisotopic (exact) mass is 363 g/mol. The number of rotatable bonds is 9. The van der Waals surface area contributed by atoms with Crippen molar-refractivity contribution >= 4 is 23.4 Å². The predicted molar refractivity (Wildman–Crippen MR) is 100.0 cm³/mol. The van der Waals surface area contributed by atoms with Crippen LogP contribution in [0.2, 0.25) is 0 Å². The Morgan fingerprint density at radius 2 is 1.92 bits per heavy atom. The fraction of sp³-hybridized carbons (Fsp3) is 0.316. The van der Waals surface area contributed by atoms with Crippen molar-refractivity contribution in [2.75, 3.05) is 37.8 Å². The van der Waals surface area contributed by atoms with Crippen LogP contribution in [0.4, 0.5) is 10.1 Å². The van der Waals surface area contributed by atoms with Crippen molar-refractivity contribution in [3.63, 3.8) is 0 Å². The highest BCUT2D eigenvalue weighted by Gasteiger charge is 2.14. The van der Waals surface area contributed by atoms with Gasteiger partial charge in [-0.15, -0.1) is 11.8 Å². The highest BCUT2D eigenvalue weighted by atomic mass is 32.2. The molecule has 1 atom stereocenters. The molecule has 134 valence electrons. The van der Waals surface area contributed by atoms with Gasteiger partial charge in [0.2, 0.25) is 0 Å². The van der Waals surface area contributed by atoms with Gasteiger partial charge in [-0.2, -0.15) is 0 Å². The maximum atomic E-state index is 13.6. The van der Waals surface area contributed by atoms with Crippen LogP contribution >= 0.6 is 11.8 Å². The molecule has 2 aromatic carbocycles. The van der Waals surface area contributed by atoms with Gasteiger partial charge in [0.15, 0.2) is 6.54 Å². The number of methoxy groups -OCH3 is 1. The van der Waals surface area contributed by atoms with Gasteiger partial charge in [-0.25, -0.2) is 4.39 Å². The van der Waals surface area contributed by atoms with Gasteiger partial charge in [-0.1, -0.05) is 24.3 Å². The largest absolute Gasteiger partial charge is 0.495 e. The van der Waals surface area contributed by atoms with E-state index in [4.69, 9.17) is 4.74 Å². The zero-order chi connectivity index (χ0) is 18.1. The number of ether oxygens (including phenoxy) is 1. The molecule has 0 saturated heterocycles. The molecule has 0 fully saturated rings. The number of para-hydroxylation sites is 2. The Labute approximate surface area is 152 Å². The molecule has 1 unspecified atom stereocenters. The first kappa shape index (κ1) is 19.3. The Bertz CT molecular complexity index is 697. The Kier molecular flexibility index (Phi) is 7.76. The lowest BCUT2D eigenvalue weighted by atomic mass is 10.3. The summed E-state index contributed by atoms with van der Waals surface area (Å²) in [5, 5.41) is 2.89. The van der Waals surface area contributed by atoms with E-state index in [1.807, 2.05) is 37.3 Å². The lowest BCUT2D eigenvalue weighted by Crippen LogP contribution is -3.13. The Hall–Kier alpha value is -2.05. The van der Waals surface area contributed by atoms with Crippen LogP contribution in [0.25, 0.3) is 0 Å². The van der Waals surface area contributed by atoms with Crippen LogP contribution in [-0.4, -0.2) is 38.4 Å². The van der Waals surface area contributed by atoms with E-state index in [-0.39, 0.29) is 11.7 Å². The number of benzene rings is 2. The molecule has 1 amide bonds. The van der Waals surface area contributed by atoms with Crippen LogP contribution < -0.4 is 15.0 Å². The molecule has 4 nitrogen and oxygen atoms in total. The standard InChI is InChI=1S/C19H23FN2O2S/c1-3-22(12-13-25-18-11-7-4-8-15(18)20)14-19(23)21-16-9-5-6-10-17(16)24-2/h4-11H,3,12-14H2,1-2H3,(H,21,23)/p+1. The summed E-state index contributed by atoms with van der Waals surface area (Å²) in [6.07, 6.45) is 0. The number of likely N-dealkylation sites (N-methyl/N-ethyl adjacent to an activating group) is 1. The van der Waals surface area contributed by atoms with Crippen molar-refractivity contribution in [1.29, 1.82) is 0 Å². The van der Waals surface area contributed by atoms with E-state index in [0.29, 0.717) is 22.9 Å². The van der Waals surface area contributed by atoms with Crippen molar-refractivity contribution in [3.05, 3.63) is 54.3 Å². The molecule has 0 spiro atoms. The van der Waals surface area contributed by atoms with E-state index in [1.54, 1.807) is 19.2 Å². The number of thioether (sulfide) groups is 1. The maximum Gasteiger partial charge on any atom is 0.279 e. The summed E-state index contributed by atoms with van der Waals surface area (Å²) in [5.41, 5.74) is 0.672. The summed E-state index contributed by atoms with van der Waals surface area (Å²) < 4.78 is 18.9. The van der Waals surface area contributed by atoms with Gasteiger partial charge in [0.05, 0.1) is 25.9 Å². The molecule has 6 heteroatoms. The van der Waals surface area contributed by atoms with Crippen LogP contribution in [0.3, 0.4) is 0 Å². The number of hydrogen-bond donors (Lipinski definition) is 2. The first-order valence-corrected chi connectivity index (χ1v) is 9.26. The van der Waals surface area contributed by atoms with E-state index >= 15 is 0 Å². The first-order valence-electron chi connectivity index (χ1n) is 8.27. The van der Waals surface area contributed by atoms with Gasteiger partial charge < -0.3 is 15.0 Å². The third-order valence-electron chi connectivity index (χ3n) is 3.84. The quantitative estimate of drug-likeness (QED) is 0.673.